The molecular weight excluding hydrogens is 310 g/mol. The Hall–Kier alpha value is -2.88. The second-order valence-corrected chi connectivity index (χ2v) is 6.72. The number of ether oxygens (including phenoxy) is 1. The number of amides is 3. The average Bonchev–Trinajstić information content (AvgIpc) is 2.70. The van der Waals surface area contributed by atoms with Crippen molar-refractivity contribution in [2.75, 3.05) is 6.54 Å². The van der Waals surface area contributed by atoms with E-state index >= 15 is 0 Å². The fraction of sp³-hybridized carbons (Fsp3) is 0.412. The molecule has 1 aliphatic heterocycles. The first kappa shape index (κ1) is 17.5. The summed E-state index contributed by atoms with van der Waals surface area (Å²) >= 11 is 0. The molecule has 7 nitrogen and oxygen atoms in total. The molecule has 0 aromatic heterocycles. The van der Waals surface area contributed by atoms with Crippen molar-refractivity contribution in [3.05, 3.63) is 35.4 Å². The third kappa shape index (κ3) is 3.38. The van der Waals surface area contributed by atoms with E-state index in [4.69, 9.17) is 10.00 Å². The molecule has 24 heavy (non-hydrogen) atoms. The largest absolute Gasteiger partial charge is 0.459 e. The van der Waals surface area contributed by atoms with Gasteiger partial charge in [-0.25, -0.2) is 4.79 Å². The van der Waals surface area contributed by atoms with E-state index in [9.17, 15) is 14.4 Å². The van der Waals surface area contributed by atoms with Crippen molar-refractivity contribution >= 4 is 17.9 Å². The number of nitrogens with one attached hydrogen (secondary N) is 1. The van der Waals surface area contributed by atoms with Crippen molar-refractivity contribution in [1.82, 2.24) is 10.2 Å². The van der Waals surface area contributed by atoms with Gasteiger partial charge in [-0.05, 0) is 45.4 Å². The van der Waals surface area contributed by atoms with Crippen LogP contribution in [0.2, 0.25) is 0 Å². The number of nitrogens with zero attached hydrogens (tertiary/aromatic N) is 2. The van der Waals surface area contributed by atoms with Crippen molar-refractivity contribution in [2.24, 2.45) is 0 Å². The second kappa shape index (κ2) is 5.96. The topological polar surface area (TPSA) is 99.5 Å². The van der Waals surface area contributed by atoms with Crippen LogP contribution in [0.15, 0.2) is 24.3 Å². The van der Waals surface area contributed by atoms with Crippen molar-refractivity contribution in [3.8, 4) is 6.07 Å². The van der Waals surface area contributed by atoms with Crippen LogP contribution in [-0.2, 0) is 19.9 Å². The fourth-order valence-corrected chi connectivity index (χ4v) is 2.42. The van der Waals surface area contributed by atoms with Gasteiger partial charge in [0, 0.05) is 0 Å². The predicted molar refractivity (Wildman–Crippen MR) is 84.6 cm³/mol. The lowest BCUT2D eigenvalue weighted by Crippen LogP contribution is -2.42. The summed E-state index contributed by atoms with van der Waals surface area (Å²) in [5, 5.41) is 11.4. The van der Waals surface area contributed by atoms with Gasteiger partial charge in [-0.1, -0.05) is 12.1 Å². The maximum atomic E-state index is 12.7. The van der Waals surface area contributed by atoms with Crippen LogP contribution in [0.1, 0.15) is 38.8 Å². The summed E-state index contributed by atoms with van der Waals surface area (Å²) in [6.45, 7) is 6.23. The number of nitriles is 1. The first-order valence-electron chi connectivity index (χ1n) is 7.43. The SMILES string of the molecule is CC(C)(C)OC(=O)CN1C(=O)NC(C)(c2ccc(C#N)cc2)C1=O. The molecule has 0 saturated carbocycles. The zero-order valence-corrected chi connectivity index (χ0v) is 14.0. The number of carbonyl (C=O) groups is 3. The van der Waals surface area contributed by atoms with Crippen LogP contribution in [0.25, 0.3) is 0 Å². The minimum Gasteiger partial charge on any atom is -0.459 e. The molecule has 1 heterocycles. The minimum absolute atomic E-state index is 0.449. The number of benzene rings is 1. The predicted octanol–water partition coefficient (Wildman–Crippen LogP) is 1.67. The molecule has 0 aliphatic carbocycles. The first-order chi connectivity index (χ1) is 11.1. The number of carbonyl (C=O) groups excluding carboxylic acids is 3. The van der Waals surface area contributed by atoms with Crippen LogP contribution in [-0.4, -0.2) is 35.0 Å². The molecule has 1 aliphatic rings. The van der Waals surface area contributed by atoms with Crippen LogP contribution in [0, 0.1) is 11.3 Å². The van der Waals surface area contributed by atoms with E-state index in [1.807, 2.05) is 6.07 Å². The first-order valence-corrected chi connectivity index (χ1v) is 7.43. The molecular formula is C17H19N3O4. The van der Waals surface area contributed by atoms with E-state index in [0.29, 0.717) is 11.1 Å². The van der Waals surface area contributed by atoms with E-state index in [0.717, 1.165) is 4.90 Å². The van der Waals surface area contributed by atoms with Gasteiger partial charge in [-0.3, -0.25) is 14.5 Å². The molecule has 3 amide bonds. The van der Waals surface area contributed by atoms with Crippen LogP contribution >= 0.6 is 0 Å². The lowest BCUT2D eigenvalue weighted by Gasteiger charge is -2.23. The number of hydrogen-bond acceptors (Lipinski definition) is 5. The highest BCUT2D eigenvalue weighted by molar-refractivity contribution is 6.08. The van der Waals surface area contributed by atoms with Gasteiger partial charge in [0.05, 0.1) is 11.6 Å². The highest BCUT2D eigenvalue weighted by Crippen LogP contribution is 2.29. The lowest BCUT2D eigenvalue weighted by molar-refractivity contribution is -0.157. The second-order valence-electron chi connectivity index (χ2n) is 6.72. The molecule has 2 rings (SSSR count). The molecule has 0 spiro atoms. The van der Waals surface area contributed by atoms with Gasteiger partial charge in [-0.15, -0.1) is 0 Å². The van der Waals surface area contributed by atoms with Crippen molar-refractivity contribution in [1.29, 1.82) is 5.26 Å². The Morgan fingerprint density at radius 1 is 1.29 bits per heavy atom. The standard InChI is InChI=1S/C17H19N3O4/c1-16(2,3)24-13(21)10-20-14(22)17(4,19-15(20)23)12-7-5-11(9-18)6-8-12/h5-8H,10H2,1-4H3,(H,19,23). The summed E-state index contributed by atoms with van der Waals surface area (Å²) in [4.78, 5) is 37.5. The summed E-state index contributed by atoms with van der Waals surface area (Å²) in [5.74, 6) is -1.20. The maximum Gasteiger partial charge on any atom is 0.326 e. The molecule has 1 unspecified atom stereocenters. The van der Waals surface area contributed by atoms with Gasteiger partial charge >= 0.3 is 12.0 Å². The average molecular weight is 329 g/mol. The third-order valence-corrected chi connectivity index (χ3v) is 3.57. The maximum absolute atomic E-state index is 12.7. The summed E-state index contributed by atoms with van der Waals surface area (Å²) in [5.41, 5.74) is -1.00. The molecule has 0 radical (unpaired) electrons. The molecule has 1 fully saturated rings. The lowest BCUT2D eigenvalue weighted by atomic mass is 9.91. The van der Waals surface area contributed by atoms with Gasteiger partial charge in [0.2, 0.25) is 0 Å². The van der Waals surface area contributed by atoms with E-state index in [-0.39, 0.29) is 0 Å². The molecule has 7 heteroatoms. The van der Waals surface area contributed by atoms with E-state index in [1.165, 1.54) is 0 Å². The zero-order valence-electron chi connectivity index (χ0n) is 14.0. The highest BCUT2D eigenvalue weighted by Gasteiger charge is 2.49. The Bertz CT molecular complexity index is 728. The summed E-state index contributed by atoms with van der Waals surface area (Å²) in [6.07, 6.45) is 0. The molecule has 1 atom stereocenters. The van der Waals surface area contributed by atoms with Crippen LogP contribution in [0.5, 0.6) is 0 Å². The summed E-state index contributed by atoms with van der Waals surface area (Å²) < 4.78 is 5.15. The van der Waals surface area contributed by atoms with Crippen molar-refractivity contribution in [2.45, 2.75) is 38.8 Å². The van der Waals surface area contributed by atoms with Gasteiger partial charge < -0.3 is 10.1 Å². The number of rotatable bonds is 3. The molecule has 1 aromatic carbocycles. The Morgan fingerprint density at radius 3 is 2.38 bits per heavy atom. The highest BCUT2D eigenvalue weighted by atomic mass is 16.6. The van der Waals surface area contributed by atoms with Gasteiger partial charge in [0.25, 0.3) is 5.91 Å². The summed E-state index contributed by atoms with van der Waals surface area (Å²) in [6, 6.07) is 7.68. The van der Waals surface area contributed by atoms with E-state index < -0.39 is 35.6 Å². The number of hydrogen-bond donors (Lipinski definition) is 1. The van der Waals surface area contributed by atoms with Gasteiger partial charge in [-0.2, -0.15) is 5.26 Å². The molecule has 126 valence electrons. The number of imide groups is 1. The Kier molecular flexibility index (Phi) is 4.34. The zero-order chi connectivity index (χ0) is 18.1. The number of urea groups is 1. The van der Waals surface area contributed by atoms with E-state index in [2.05, 4.69) is 5.32 Å². The molecule has 1 N–H and O–H groups in total. The quantitative estimate of drug-likeness (QED) is 0.671. The monoisotopic (exact) mass is 329 g/mol. The van der Waals surface area contributed by atoms with Crippen molar-refractivity contribution in [3.63, 3.8) is 0 Å². The molecule has 0 bridgehead atoms. The fourth-order valence-electron chi connectivity index (χ4n) is 2.42. The Labute approximate surface area is 140 Å². The normalized spacial score (nSPS) is 20.5. The van der Waals surface area contributed by atoms with Gasteiger partial charge in [0.1, 0.15) is 17.7 Å². The van der Waals surface area contributed by atoms with Crippen molar-refractivity contribution < 1.29 is 19.1 Å². The molecule has 1 aromatic rings. The third-order valence-electron chi connectivity index (χ3n) is 3.57. The summed E-state index contributed by atoms with van der Waals surface area (Å²) in [7, 11) is 0. The molecule has 1 saturated heterocycles. The van der Waals surface area contributed by atoms with Crippen LogP contribution in [0.4, 0.5) is 4.79 Å². The van der Waals surface area contributed by atoms with Crippen LogP contribution in [0.3, 0.4) is 0 Å². The number of esters is 1. The minimum atomic E-state index is -1.28. The Morgan fingerprint density at radius 2 is 1.88 bits per heavy atom. The Balaban J connectivity index is 2.21. The van der Waals surface area contributed by atoms with Gasteiger partial charge in [0.15, 0.2) is 0 Å². The smallest absolute Gasteiger partial charge is 0.326 e. The van der Waals surface area contributed by atoms with E-state index in [1.54, 1.807) is 52.0 Å². The van der Waals surface area contributed by atoms with Crippen LogP contribution < -0.4 is 5.32 Å².